The highest BCUT2D eigenvalue weighted by atomic mass is 32.2. The number of hydrogen-bond acceptors (Lipinski definition) is 4. The zero-order chi connectivity index (χ0) is 8.01. The molecule has 0 saturated carbocycles. The van der Waals surface area contributed by atoms with Crippen LogP contribution in [0.3, 0.4) is 0 Å². The normalized spacial score (nSPS) is 55.3. The summed E-state index contributed by atoms with van der Waals surface area (Å²) in [5, 5.41) is 9.20. The molecule has 0 amide bonds. The number of rotatable bonds is 1. The smallest absolute Gasteiger partial charge is 0.184 e. The van der Waals surface area contributed by atoms with Crippen molar-refractivity contribution in [3.05, 3.63) is 0 Å². The van der Waals surface area contributed by atoms with E-state index in [2.05, 4.69) is 0 Å². The summed E-state index contributed by atoms with van der Waals surface area (Å²) in [6, 6.07) is 0. The van der Waals surface area contributed by atoms with E-state index in [1.54, 1.807) is 0 Å². The van der Waals surface area contributed by atoms with Gasteiger partial charge in [0.1, 0.15) is 6.10 Å². The summed E-state index contributed by atoms with van der Waals surface area (Å²) in [6.07, 6.45) is -1.33. The van der Waals surface area contributed by atoms with Gasteiger partial charge in [-0.25, -0.2) is 0 Å². The van der Waals surface area contributed by atoms with Gasteiger partial charge in [0.25, 0.3) is 0 Å². The second kappa shape index (κ2) is 2.52. The maximum atomic E-state index is 11.0. The average molecular weight is 178 g/mol. The van der Waals surface area contributed by atoms with E-state index in [1.807, 2.05) is 0 Å². The second-order valence-corrected chi connectivity index (χ2v) is 4.42. The summed E-state index contributed by atoms with van der Waals surface area (Å²) in [5.74, 6) is 0.543. The van der Waals surface area contributed by atoms with Crippen LogP contribution in [0.4, 0.5) is 0 Å². The Morgan fingerprint density at radius 3 is 2.91 bits per heavy atom. The van der Waals surface area contributed by atoms with Crippen LogP contribution in [0.15, 0.2) is 0 Å². The molecule has 0 spiro atoms. The fraction of sp³-hybridized carbons (Fsp3) is 1.00. The molecule has 2 saturated heterocycles. The lowest BCUT2D eigenvalue weighted by Crippen LogP contribution is -2.49. The Hall–Kier alpha value is 0.0300. The van der Waals surface area contributed by atoms with E-state index in [4.69, 9.17) is 9.47 Å². The van der Waals surface area contributed by atoms with Crippen LogP contribution in [-0.2, 0) is 20.3 Å². The lowest BCUT2D eigenvalue weighted by atomic mass is 10.2. The van der Waals surface area contributed by atoms with E-state index >= 15 is 0 Å². The van der Waals surface area contributed by atoms with Gasteiger partial charge in [0.2, 0.25) is 0 Å². The lowest BCUT2D eigenvalue weighted by Gasteiger charge is -2.28. The zero-order valence-corrected chi connectivity index (χ0v) is 6.91. The highest BCUT2D eigenvalue weighted by Gasteiger charge is 2.54. The van der Waals surface area contributed by atoms with E-state index in [0.29, 0.717) is 5.75 Å². The van der Waals surface area contributed by atoms with Gasteiger partial charge >= 0.3 is 0 Å². The van der Waals surface area contributed by atoms with E-state index in [1.165, 1.54) is 7.11 Å². The number of ether oxygens (including phenoxy) is 2. The van der Waals surface area contributed by atoms with Crippen LogP contribution in [0.5, 0.6) is 0 Å². The summed E-state index contributed by atoms with van der Waals surface area (Å²) in [6.45, 7) is 0. The van der Waals surface area contributed by atoms with Crippen molar-refractivity contribution >= 4 is 10.8 Å². The van der Waals surface area contributed by atoms with Crippen molar-refractivity contribution in [3.8, 4) is 0 Å². The molecule has 11 heavy (non-hydrogen) atoms. The first kappa shape index (κ1) is 7.67. The highest BCUT2D eigenvalue weighted by Crippen LogP contribution is 2.33. The molecule has 5 atom stereocenters. The molecule has 4 nitrogen and oxygen atoms in total. The molecule has 5 unspecified atom stereocenters. The first-order chi connectivity index (χ1) is 5.24. The largest absolute Gasteiger partial charge is 0.386 e. The minimum absolute atomic E-state index is 0.0456. The van der Waals surface area contributed by atoms with Crippen molar-refractivity contribution < 1.29 is 18.8 Å². The third-order valence-electron chi connectivity index (χ3n) is 2.16. The van der Waals surface area contributed by atoms with Crippen molar-refractivity contribution in [2.45, 2.75) is 23.7 Å². The third kappa shape index (κ3) is 0.955. The predicted molar refractivity (Wildman–Crippen MR) is 38.5 cm³/mol. The van der Waals surface area contributed by atoms with Crippen molar-refractivity contribution in [3.63, 3.8) is 0 Å². The summed E-state index contributed by atoms with van der Waals surface area (Å²) in [5.41, 5.74) is 0. The first-order valence-corrected chi connectivity index (χ1v) is 4.85. The SMILES string of the molecule is COC1OC2CS(=O)C2C1O. The van der Waals surface area contributed by atoms with Gasteiger partial charge < -0.3 is 14.6 Å². The van der Waals surface area contributed by atoms with Gasteiger partial charge in [0.05, 0.1) is 17.1 Å². The fourth-order valence-corrected chi connectivity index (χ4v) is 2.92. The van der Waals surface area contributed by atoms with Gasteiger partial charge in [0.15, 0.2) is 6.29 Å². The highest BCUT2D eigenvalue weighted by molar-refractivity contribution is 7.87. The summed E-state index contributed by atoms with van der Waals surface area (Å²) in [7, 11) is 0.569. The summed E-state index contributed by atoms with van der Waals surface area (Å²) >= 11 is 0. The molecule has 1 N–H and O–H groups in total. The maximum absolute atomic E-state index is 11.0. The Bertz CT molecular complexity index is 195. The number of aliphatic hydroxyl groups excluding tert-OH is 1. The Morgan fingerprint density at radius 1 is 1.73 bits per heavy atom. The van der Waals surface area contributed by atoms with Gasteiger partial charge in [-0.1, -0.05) is 0 Å². The van der Waals surface area contributed by atoms with Crippen LogP contribution in [0.2, 0.25) is 0 Å². The molecule has 0 aromatic heterocycles. The molecule has 2 rings (SSSR count). The predicted octanol–water partition coefficient (Wildman–Crippen LogP) is -1.15. The molecule has 2 aliphatic rings. The maximum Gasteiger partial charge on any atom is 0.184 e. The molecule has 5 heteroatoms. The Balaban J connectivity index is 2.09. The van der Waals surface area contributed by atoms with Gasteiger partial charge in [-0.3, -0.25) is 4.21 Å². The monoisotopic (exact) mass is 178 g/mol. The average Bonchev–Trinajstić information content (AvgIpc) is 2.20. The molecule has 2 heterocycles. The van der Waals surface area contributed by atoms with E-state index < -0.39 is 23.2 Å². The molecule has 64 valence electrons. The fourth-order valence-electron chi connectivity index (χ4n) is 1.51. The molecule has 2 aliphatic heterocycles. The number of methoxy groups -OCH3 is 1. The molecule has 0 aromatic rings. The first-order valence-electron chi connectivity index (χ1n) is 3.47. The summed E-state index contributed by atoms with van der Waals surface area (Å²) < 4.78 is 21.1. The van der Waals surface area contributed by atoms with E-state index in [0.717, 1.165) is 0 Å². The Labute approximate surface area is 66.9 Å². The quantitative estimate of drug-likeness (QED) is 0.551. The minimum atomic E-state index is -0.905. The lowest BCUT2D eigenvalue weighted by molar-refractivity contribution is -0.144. The van der Waals surface area contributed by atoms with Crippen LogP contribution in [0.1, 0.15) is 0 Å². The second-order valence-electron chi connectivity index (χ2n) is 2.78. The third-order valence-corrected chi connectivity index (χ3v) is 4.00. The molecular formula is C6H10O4S. The van der Waals surface area contributed by atoms with Gasteiger partial charge in [-0.2, -0.15) is 0 Å². The van der Waals surface area contributed by atoms with Crippen molar-refractivity contribution in [2.75, 3.05) is 12.9 Å². The van der Waals surface area contributed by atoms with E-state index in [9.17, 15) is 9.32 Å². The van der Waals surface area contributed by atoms with Gasteiger partial charge in [-0.15, -0.1) is 0 Å². The van der Waals surface area contributed by atoms with Crippen LogP contribution in [-0.4, -0.2) is 45.9 Å². The van der Waals surface area contributed by atoms with Crippen molar-refractivity contribution in [2.24, 2.45) is 0 Å². The van der Waals surface area contributed by atoms with E-state index in [-0.39, 0.29) is 11.4 Å². The zero-order valence-electron chi connectivity index (χ0n) is 6.10. The molecule has 2 fully saturated rings. The topological polar surface area (TPSA) is 55.8 Å². The van der Waals surface area contributed by atoms with Crippen LogP contribution < -0.4 is 0 Å². The number of hydrogen-bond donors (Lipinski definition) is 1. The Kier molecular flexibility index (Phi) is 1.75. The Morgan fingerprint density at radius 2 is 2.45 bits per heavy atom. The molecule has 0 aliphatic carbocycles. The van der Waals surface area contributed by atoms with Gasteiger partial charge in [-0.05, 0) is 0 Å². The summed E-state index contributed by atoms with van der Waals surface area (Å²) in [4.78, 5) is 0. The standard InChI is InChI=1S/C6H10O4S/c1-9-6-4(7)5-3(10-6)2-11(5)8/h3-7H,2H2,1H3. The van der Waals surface area contributed by atoms with Crippen LogP contribution >= 0.6 is 0 Å². The molecule has 0 aromatic carbocycles. The minimum Gasteiger partial charge on any atom is -0.386 e. The van der Waals surface area contributed by atoms with Gasteiger partial charge in [0, 0.05) is 17.9 Å². The molecular weight excluding hydrogens is 168 g/mol. The number of aliphatic hydroxyl groups is 1. The molecule has 0 bridgehead atoms. The van der Waals surface area contributed by atoms with Crippen molar-refractivity contribution in [1.82, 2.24) is 0 Å². The molecule has 0 radical (unpaired) electrons. The van der Waals surface area contributed by atoms with Crippen LogP contribution in [0, 0.1) is 0 Å². The van der Waals surface area contributed by atoms with Crippen molar-refractivity contribution in [1.29, 1.82) is 0 Å². The van der Waals surface area contributed by atoms with Crippen LogP contribution in [0.25, 0.3) is 0 Å². The number of fused-ring (bicyclic) bond motifs is 1.